The molecule has 1 fully saturated rings. The molecule has 2 atom stereocenters. The van der Waals surface area contributed by atoms with E-state index in [-0.39, 0.29) is 5.54 Å². The lowest BCUT2D eigenvalue weighted by molar-refractivity contribution is 0.270. The van der Waals surface area contributed by atoms with Gasteiger partial charge in [-0.2, -0.15) is 0 Å². The number of hydrogen-bond acceptors (Lipinski definition) is 2. The Morgan fingerprint density at radius 2 is 1.95 bits per heavy atom. The fourth-order valence-corrected chi connectivity index (χ4v) is 4.59. The Morgan fingerprint density at radius 1 is 1.14 bits per heavy atom. The molecule has 1 heterocycles. The van der Waals surface area contributed by atoms with Gasteiger partial charge in [0.2, 0.25) is 0 Å². The van der Waals surface area contributed by atoms with E-state index in [0.29, 0.717) is 0 Å². The maximum Gasteiger partial charge on any atom is 0.0377 e. The van der Waals surface area contributed by atoms with Gasteiger partial charge in [0, 0.05) is 10.2 Å². The van der Waals surface area contributed by atoms with E-state index in [9.17, 15) is 0 Å². The molecule has 3 rings (SSSR count). The Balaban J connectivity index is 1.85. The number of nitrogens with one attached hydrogen (secondary N) is 1. The zero-order valence-electron chi connectivity index (χ0n) is 13.5. The van der Waals surface area contributed by atoms with Crippen LogP contribution in [-0.2, 0) is 0 Å². The topological polar surface area (TPSA) is 12.0 Å². The summed E-state index contributed by atoms with van der Waals surface area (Å²) >= 11 is 1.91. The van der Waals surface area contributed by atoms with Crippen LogP contribution in [0.3, 0.4) is 0 Å². The van der Waals surface area contributed by atoms with E-state index in [1.807, 2.05) is 11.3 Å². The standard InChI is InChI=1S/C19H27NS/c1-19(2,3)20-13-15-7-4-5-9-16(15)17-10-6-8-14-11-12-21-18(14)17/h6,8,10-12,15-16,20H,4-5,7,9,13H2,1-3H3. The molecule has 114 valence electrons. The molecule has 1 nitrogen and oxygen atoms in total. The summed E-state index contributed by atoms with van der Waals surface area (Å²) in [4.78, 5) is 0. The summed E-state index contributed by atoms with van der Waals surface area (Å²) in [5, 5.41) is 7.39. The fourth-order valence-electron chi connectivity index (χ4n) is 3.61. The maximum atomic E-state index is 3.74. The minimum atomic E-state index is 0.219. The van der Waals surface area contributed by atoms with Gasteiger partial charge in [-0.05, 0) is 74.4 Å². The van der Waals surface area contributed by atoms with E-state index in [1.54, 1.807) is 5.56 Å². The minimum Gasteiger partial charge on any atom is -0.312 e. The van der Waals surface area contributed by atoms with Gasteiger partial charge in [0.1, 0.15) is 0 Å². The van der Waals surface area contributed by atoms with Crippen LogP contribution in [0.1, 0.15) is 57.9 Å². The number of thiophene rings is 1. The molecule has 2 unspecified atom stereocenters. The second kappa shape index (κ2) is 6.10. The zero-order valence-corrected chi connectivity index (χ0v) is 14.3. The van der Waals surface area contributed by atoms with Gasteiger partial charge >= 0.3 is 0 Å². The van der Waals surface area contributed by atoms with Crippen molar-refractivity contribution in [2.45, 2.75) is 57.9 Å². The normalized spacial score (nSPS) is 23.6. The average Bonchev–Trinajstić information content (AvgIpc) is 2.93. The van der Waals surface area contributed by atoms with Gasteiger partial charge in [-0.15, -0.1) is 11.3 Å². The number of rotatable bonds is 3. The van der Waals surface area contributed by atoms with E-state index in [1.165, 1.54) is 35.8 Å². The van der Waals surface area contributed by atoms with Crippen molar-refractivity contribution in [3.8, 4) is 0 Å². The monoisotopic (exact) mass is 301 g/mol. The van der Waals surface area contributed by atoms with Crippen molar-refractivity contribution in [2.75, 3.05) is 6.54 Å². The fraction of sp³-hybridized carbons (Fsp3) is 0.579. The van der Waals surface area contributed by atoms with Gasteiger partial charge in [-0.1, -0.05) is 31.0 Å². The third-order valence-corrected chi connectivity index (χ3v) is 5.69. The first-order chi connectivity index (χ1) is 10.0. The molecule has 1 aromatic carbocycles. The van der Waals surface area contributed by atoms with E-state index < -0.39 is 0 Å². The van der Waals surface area contributed by atoms with Crippen LogP contribution in [0, 0.1) is 5.92 Å². The smallest absolute Gasteiger partial charge is 0.0377 e. The number of fused-ring (bicyclic) bond motifs is 1. The summed E-state index contributed by atoms with van der Waals surface area (Å²) < 4.78 is 1.52. The molecule has 1 N–H and O–H groups in total. The van der Waals surface area contributed by atoms with Crippen LogP contribution in [0.5, 0.6) is 0 Å². The van der Waals surface area contributed by atoms with Gasteiger partial charge in [0.25, 0.3) is 0 Å². The Labute approximate surface area is 132 Å². The van der Waals surface area contributed by atoms with Crippen LogP contribution < -0.4 is 5.32 Å². The van der Waals surface area contributed by atoms with Gasteiger partial charge in [-0.25, -0.2) is 0 Å². The van der Waals surface area contributed by atoms with E-state index in [4.69, 9.17) is 0 Å². The highest BCUT2D eigenvalue weighted by Crippen LogP contribution is 2.41. The molecule has 1 saturated carbocycles. The van der Waals surface area contributed by atoms with Crippen molar-refractivity contribution >= 4 is 21.4 Å². The quantitative estimate of drug-likeness (QED) is 0.782. The lowest BCUT2D eigenvalue weighted by Crippen LogP contribution is -2.41. The highest BCUT2D eigenvalue weighted by molar-refractivity contribution is 7.17. The third-order valence-electron chi connectivity index (χ3n) is 4.71. The van der Waals surface area contributed by atoms with Crippen molar-refractivity contribution in [2.24, 2.45) is 5.92 Å². The molecule has 1 aromatic heterocycles. The van der Waals surface area contributed by atoms with Crippen LogP contribution in [0.25, 0.3) is 10.1 Å². The van der Waals surface area contributed by atoms with Gasteiger partial charge in [-0.3, -0.25) is 0 Å². The van der Waals surface area contributed by atoms with Crippen LogP contribution in [-0.4, -0.2) is 12.1 Å². The largest absolute Gasteiger partial charge is 0.312 e. The van der Waals surface area contributed by atoms with Gasteiger partial charge in [0.05, 0.1) is 0 Å². The molecule has 0 radical (unpaired) electrons. The first kappa shape index (κ1) is 15.1. The van der Waals surface area contributed by atoms with E-state index in [0.717, 1.165) is 18.4 Å². The predicted octanol–water partition coefficient (Wildman–Crippen LogP) is 5.56. The molecule has 2 heteroatoms. The predicted molar refractivity (Wildman–Crippen MR) is 94.3 cm³/mol. The lowest BCUT2D eigenvalue weighted by Gasteiger charge is -2.34. The summed E-state index contributed by atoms with van der Waals surface area (Å²) in [5.41, 5.74) is 1.82. The Hall–Kier alpha value is -0.860. The third kappa shape index (κ3) is 3.49. The molecule has 0 bridgehead atoms. The minimum absolute atomic E-state index is 0.219. The van der Waals surface area contributed by atoms with Crippen molar-refractivity contribution in [3.63, 3.8) is 0 Å². The second-order valence-corrected chi connectivity index (χ2v) is 8.38. The lowest BCUT2D eigenvalue weighted by atomic mass is 9.75. The Bertz CT molecular complexity index is 593. The van der Waals surface area contributed by atoms with Crippen molar-refractivity contribution in [3.05, 3.63) is 35.2 Å². The van der Waals surface area contributed by atoms with Crippen LogP contribution >= 0.6 is 11.3 Å². The zero-order chi connectivity index (χ0) is 14.9. The molecular formula is C19H27NS. The number of benzene rings is 1. The Morgan fingerprint density at radius 3 is 2.76 bits per heavy atom. The SMILES string of the molecule is CC(C)(C)NCC1CCCCC1c1cccc2ccsc12. The summed E-state index contributed by atoms with van der Waals surface area (Å²) in [6.07, 6.45) is 5.51. The number of hydrogen-bond donors (Lipinski definition) is 1. The summed E-state index contributed by atoms with van der Waals surface area (Å²) in [7, 11) is 0. The van der Waals surface area contributed by atoms with E-state index >= 15 is 0 Å². The molecule has 0 spiro atoms. The molecule has 0 saturated heterocycles. The van der Waals surface area contributed by atoms with Crippen molar-refractivity contribution in [1.29, 1.82) is 0 Å². The highest BCUT2D eigenvalue weighted by atomic mass is 32.1. The Kier molecular flexibility index (Phi) is 4.37. The molecule has 0 aliphatic heterocycles. The molecular weight excluding hydrogens is 274 g/mol. The summed E-state index contributed by atoms with van der Waals surface area (Å²) in [6, 6.07) is 9.13. The molecule has 1 aliphatic carbocycles. The van der Waals surface area contributed by atoms with Gasteiger partial charge in [0.15, 0.2) is 0 Å². The second-order valence-electron chi connectivity index (χ2n) is 7.47. The molecule has 1 aliphatic rings. The van der Waals surface area contributed by atoms with E-state index in [2.05, 4.69) is 55.7 Å². The highest BCUT2D eigenvalue weighted by Gasteiger charge is 2.28. The average molecular weight is 301 g/mol. The summed E-state index contributed by atoms with van der Waals surface area (Å²) in [5.74, 6) is 1.52. The van der Waals surface area contributed by atoms with Crippen molar-refractivity contribution in [1.82, 2.24) is 5.32 Å². The maximum absolute atomic E-state index is 3.74. The first-order valence-electron chi connectivity index (χ1n) is 8.26. The molecule has 21 heavy (non-hydrogen) atoms. The van der Waals surface area contributed by atoms with Crippen molar-refractivity contribution < 1.29 is 0 Å². The molecule has 2 aromatic rings. The summed E-state index contributed by atoms with van der Waals surface area (Å²) in [6.45, 7) is 7.95. The van der Waals surface area contributed by atoms with Gasteiger partial charge < -0.3 is 5.32 Å². The van der Waals surface area contributed by atoms with Crippen LogP contribution in [0.15, 0.2) is 29.6 Å². The van der Waals surface area contributed by atoms with Crippen LogP contribution in [0.4, 0.5) is 0 Å². The first-order valence-corrected chi connectivity index (χ1v) is 9.14. The molecule has 0 amide bonds. The van der Waals surface area contributed by atoms with Crippen LogP contribution in [0.2, 0.25) is 0 Å².